The fourth-order valence-electron chi connectivity index (χ4n) is 1.34. The summed E-state index contributed by atoms with van der Waals surface area (Å²) in [6.07, 6.45) is 3.33. The normalized spacial score (nSPS) is 12.8. The highest BCUT2D eigenvalue weighted by Crippen LogP contribution is 2.19. The molecule has 1 aromatic carbocycles. The maximum atomic E-state index is 6.22. The van der Waals surface area contributed by atoms with Gasteiger partial charge in [0.25, 0.3) is 0 Å². The van der Waals surface area contributed by atoms with Crippen LogP contribution < -0.4 is 0 Å². The molecule has 0 atom stereocenters. The number of aliphatic imine (C=N–C) groups is 1. The van der Waals surface area contributed by atoms with Crippen molar-refractivity contribution >= 4 is 55.4 Å². The first-order valence-electron chi connectivity index (χ1n) is 5.66. The number of halogens is 3. The molecule has 0 radical (unpaired) electrons. The van der Waals surface area contributed by atoms with E-state index < -0.39 is 0 Å². The third kappa shape index (κ3) is 5.23. The summed E-state index contributed by atoms with van der Waals surface area (Å²) < 4.78 is 1.63. The summed E-state index contributed by atoms with van der Waals surface area (Å²) >= 11 is 12.9. The smallest absolute Gasteiger partial charge is 0.127 e. The number of hydrogen-bond acceptors (Lipinski definition) is 3. The molecule has 0 heterocycles. The van der Waals surface area contributed by atoms with Gasteiger partial charge in [0.2, 0.25) is 0 Å². The van der Waals surface area contributed by atoms with E-state index in [1.807, 2.05) is 24.3 Å². The molecule has 1 aromatic rings. The lowest BCUT2D eigenvalue weighted by molar-refractivity contribution is 0.479. The Morgan fingerprint density at radius 3 is 2.60 bits per heavy atom. The summed E-state index contributed by atoms with van der Waals surface area (Å²) in [7, 11) is 3.47. The first-order valence-corrected chi connectivity index (χ1v) is 7.63. The van der Waals surface area contributed by atoms with E-state index in [-0.39, 0.29) is 0 Å². The number of hydrogen-bond donors (Lipinski definition) is 0. The summed E-state index contributed by atoms with van der Waals surface area (Å²) in [6.45, 7) is 3.67. The molecular formula is C14H14Br2ClN3. The lowest BCUT2D eigenvalue weighted by Gasteiger charge is -2.12. The Labute approximate surface area is 141 Å². The number of benzene rings is 1. The first kappa shape index (κ1) is 17.1. The molecule has 20 heavy (non-hydrogen) atoms. The molecule has 0 aliphatic rings. The summed E-state index contributed by atoms with van der Waals surface area (Å²) in [5, 5.41) is 6.11. The fraction of sp³-hybridized carbons (Fsp3) is 0.143. The third-order valence-electron chi connectivity index (χ3n) is 2.33. The number of allylic oxidation sites excluding steroid dienone is 2. The molecule has 1 rings (SSSR count). The van der Waals surface area contributed by atoms with E-state index in [4.69, 9.17) is 11.6 Å². The zero-order valence-electron chi connectivity index (χ0n) is 11.1. The average molecular weight is 420 g/mol. The van der Waals surface area contributed by atoms with E-state index in [1.165, 1.54) is 5.01 Å². The lowest BCUT2D eigenvalue weighted by atomic mass is 10.1. The minimum Gasteiger partial charge on any atom is -0.288 e. The van der Waals surface area contributed by atoms with Crippen molar-refractivity contribution in [1.29, 1.82) is 0 Å². The Morgan fingerprint density at radius 2 is 2.05 bits per heavy atom. The van der Waals surface area contributed by atoms with Gasteiger partial charge in [0.1, 0.15) is 5.16 Å². The van der Waals surface area contributed by atoms with Crippen molar-refractivity contribution in [2.45, 2.75) is 0 Å². The Hall–Kier alpha value is -0.910. The van der Waals surface area contributed by atoms with Crippen LogP contribution in [0.15, 0.2) is 61.1 Å². The van der Waals surface area contributed by atoms with Crippen LogP contribution in [0.3, 0.4) is 0 Å². The monoisotopic (exact) mass is 417 g/mol. The molecule has 106 valence electrons. The second kappa shape index (κ2) is 8.39. The zero-order valence-corrected chi connectivity index (χ0v) is 15.1. The van der Waals surface area contributed by atoms with Crippen LogP contribution in [0, 0.1) is 0 Å². The van der Waals surface area contributed by atoms with Gasteiger partial charge in [0.15, 0.2) is 0 Å². The molecular weight excluding hydrogens is 405 g/mol. The minimum atomic E-state index is 0.450. The maximum Gasteiger partial charge on any atom is 0.127 e. The van der Waals surface area contributed by atoms with E-state index in [9.17, 15) is 0 Å². The second-order valence-electron chi connectivity index (χ2n) is 3.77. The van der Waals surface area contributed by atoms with Gasteiger partial charge in [-0.05, 0) is 22.0 Å². The summed E-state index contributed by atoms with van der Waals surface area (Å²) in [5.41, 5.74) is 1.73. The van der Waals surface area contributed by atoms with Crippen LogP contribution in [0.1, 0.15) is 5.56 Å². The van der Waals surface area contributed by atoms with Crippen molar-refractivity contribution < 1.29 is 0 Å². The van der Waals surface area contributed by atoms with Crippen LogP contribution in [0.4, 0.5) is 0 Å². The van der Waals surface area contributed by atoms with Crippen molar-refractivity contribution in [3.63, 3.8) is 0 Å². The van der Waals surface area contributed by atoms with Crippen LogP contribution in [-0.2, 0) is 0 Å². The first-order chi connectivity index (χ1) is 9.45. The van der Waals surface area contributed by atoms with Gasteiger partial charge in [-0.25, -0.2) is 0 Å². The third-order valence-corrected chi connectivity index (χ3v) is 3.58. The molecule has 0 aromatic heterocycles. The van der Waals surface area contributed by atoms with Gasteiger partial charge in [-0.15, -0.1) is 0 Å². The fourth-order valence-corrected chi connectivity index (χ4v) is 2.07. The van der Waals surface area contributed by atoms with E-state index in [0.717, 1.165) is 15.7 Å². The van der Waals surface area contributed by atoms with Gasteiger partial charge in [-0.3, -0.25) is 10.0 Å². The van der Waals surface area contributed by atoms with E-state index in [2.05, 4.69) is 48.5 Å². The Bertz CT molecular complexity index is 580. The summed E-state index contributed by atoms with van der Waals surface area (Å²) in [6, 6.07) is 7.82. The van der Waals surface area contributed by atoms with Crippen LogP contribution in [0.25, 0.3) is 0 Å². The largest absolute Gasteiger partial charge is 0.288 e. The number of rotatable bonds is 5. The number of nitrogens with zero attached hydrogens (tertiary/aromatic N) is 3. The van der Waals surface area contributed by atoms with E-state index >= 15 is 0 Å². The summed E-state index contributed by atoms with van der Waals surface area (Å²) in [5.74, 6) is 0. The molecule has 0 amide bonds. The summed E-state index contributed by atoms with van der Waals surface area (Å²) in [4.78, 5) is 4.26. The van der Waals surface area contributed by atoms with Crippen LogP contribution in [-0.4, -0.2) is 31.0 Å². The van der Waals surface area contributed by atoms with Crippen LogP contribution in [0.5, 0.6) is 0 Å². The van der Waals surface area contributed by atoms with Crippen molar-refractivity contribution in [3.05, 3.63) is 56.6 Å². The highest BCUT2D eigenvalue weighted by molar-refractivity contribution is 9.12. The zero-order chi connectivity index (χ0) is 15.1. The standard InChI is InChI=1S/C14H14Br2ClN3/c1-10(15)9-19-20(3)14(17)8-13(18-2)11-6-4-5-7-12(11)16/h4-9H,1H2,2-3H3/b14-8-,18-13?,19-9-. The van der Waals surface area contributed by atoms with Crippen molar-refractivity contribution in [1.82, 2.24) is 5.01 Å². The number of hydrazone groups is 1. The molecule has 6 heteroatoms. The quantitative estimate of drug-likeness (QED) is 0.384. The Morgan fingerprint density at radius 1 is 1.40 bits per heavy atom. The molecule has 0 spiro atoms. The van der Waals surface area contributed by atoms with Gasteiger partial charge < -0.3 is 0 Å². The molecule has 0 N–H and O–H groups in total. The molecule has 0 saturated carbocycles. The maximum absolute atomic E-state index is 6.22. The van der Waals surface area contributed by atoms with Gasteiger partial charge in [0, 0.05) is 34.7 Å². The molecule has 0 unspecified atom stereocenters. The molecule has 0 bridgehead atoms. The molecule has 0 saturated heterocycles. The Kier molecular flexibility index (Phi) is 7.19. The Balaban J connectivity index is 3.01. The molecule has 0 aliphatic carbocycles. The molecule has 0 aliphatic heterocycles. The molecule has 3 nitrogen and oxygen atoms in total. The van der Waals surface area contributed by atoms with Crippen LogP contribution in [0.2, 0.25) is 0 Å². The second-order valence-corrected chi connectivity index (χ2v) is 6.03. The van der Waals surface area contributed by atoms with E-state index in [1.54, 1.807) is 26.4 Å². The van der Waals surface area contributed by atoms with Crippen molar-refractivity contribution in [3.8, 4) is 0 Å². The van der Waals surface area contributed by atoms with Gasteiger partial charge >= 0.3 is 0 Å². The highest BCUT2D eigenvalue weighted by Gasteiger charge is 2.07. The van der Waals surface area contributed by atoms with Crippen molar-refractivity contribution in [2.75, 3.05) is 14.1 Å². The lowest BCUT2D eigenvalue weighted by Crippen LogP contribution is -2.09. The van der Waals surface area contributed by atoms with Crippen molar-refractivity contribution in [2.24, 2.45) is 10.1 Å². The van der Waals surface area contributed by atoms with Gasteiger partial charge in [-0.2, -0.15) is 5.10 Å². The average Bonchev–Trinajstić information content (AvgIpc) is 2.42. The molecule has 0 fully saturated rings. The van der Waals surface area contributed by atoms with Gasteiger partial charge in [-0.1, -0.05) is 52.3 Å². The SMILES string of the molecule is C=C(Br)/C=N\N(C)/C(Cl)=C\C(=NC)c1ccccc1Br. The highest BCUT2D eigenvalue weighted by atomic mass is 79.9. The minimum absolute atomic E-state index is 0.450. The topological polar surface area (TPSA) is 28.0 Å². The van der Waals surface area contributed by atoms with Crippen LogP contribution >= 0.6 is 43.5 Å². The predicted octanol–water partition coefficient (Wildman–Crippen LogP) is 4.77. The van der Waals surface area contributed by atoms with E-state index in [0.29, 0.717) is 9.64 Å². The predicted molar refractivity (Wildman–Crippen MR) is 94.9 cm³/mol. The van der Waals surface area contributed by atoms with Gasteiger partial charge in [0.05, 0.1) is 11.9 Å².